The SMILES string of the molecule is O=C(NCc1ccccc1)c1nc(-n2ccnc2)c2cc(Cl)ccc2n1. The molecule has 128 valence electrons. The molecule has 0 aliphatic carbocycles. The number of aromatic nitrogens is 4. The fourth-order valence-corrected chi connectivity index (χ4v) is 2.80. The van der Waals surface area contributed by atoms with E-state index in [0.29, 0.717) is 22.9 Å². The zero-order valence-corrected chi connectivity index (χ0v) is 14.4. The molecular weight excluding hydrogens is 350 g/mol. The van der Waals surface area contributed by atoms with Gasteiger partial charge in [0.05, 0.1) is 5.52 Å². The quantitative estimate of drug-likeness (QED) is 0.603. The highest BCUT2D eigenvalue weighted by Crippen LogP contribution is 2.23. The molecule has 7 heteroatoms. The van der Waals surface area contributed by atoms with E-state index < -0.39 is 0 Å². The van der Waals surface area contributed by atoms with Crippen LogP contribution in [0.4, 0.5) is 0 Å². The molecule has 26 heavy (non-hydrogen) atoms. The number of nitrogens with zero attached hydrogens (tertiary/aromatic N) is 4. The third-order valence-corrected chi connectivity index (χ3v) is 4.12. The molecule has 0 fully saturated rings. The fourth-order valence-electron chi connectivity index (χ4n) is 2.62. The molecule has 0 aliphatic heterocycles. The van der Waals surface area contributed by atoms with Crippen LogP contribution >= 0.6 is 11.6 Å². The van der Waals surface area contributed by atoms with Crippen molar-refractivity contribution >= 4 is 28.4 Å². The molecule has 2 aromatic heterocycles. The Morgan fingerprint density at radius 2 is 1.96 bits per heavy atom. The van der Waals surface area contributed by atoms with Gasteiger partial charge < -0.3 is 5.32 Å². The summed E-state index contributed by atoms with van der Waals surface area (Å²) in [6.07, 6.45) is 5.02. The number of nitrogens with one attached hydrogen (secondary N) is 1. The minimum absolute atomic E-state index is 0.0967. The summed E-state index contributed by atoms with van der Waals surface area (Å²) in [7, 11) is 0. The Morgan fingerprint density at radius 1 is 1.12 bits per heavy atom. The van der Waals surface area contributed by atoms with Crippen molar-refractivity contribution in [1.29, 1.82) is 0 Å². The van der Waals surface area contributed by atoms with Gasteiger partial charge in [-0.15, -0.1) is 0 Å². The number of carbonyl (C=O) groups is 1. The van der Waals surface area contributed by atoms with Crippen LogP contribution in [0.1, 0.15) is 16.2 Å². The Bertz CT molecular complexity index is 1060. The Hall–Kier alpha value is -3.25. The van der Waals surface area contributed by atoms with E-state index in [1.54, 1.807) is 41.5 Å². The fraction of sp³-hybridized carbons (Fsp3) is 0.0526. The summed E-state index contributed by atoms with van der Waals surface area (Å²) in [6.45, 7) is 0.405. The van der Waals surface area contributed by atoms with Crippen LogP contribution in [0.2, 0.25) is 5.02 Å². The summed E-state index contributed by atoms with van der Waals surface area (Å²) in [5, 5.41) is 4.17. The zero-order valence-electron chi connectivity index (χ0n) is 13.6. The van der Waals surface area contributed by atoms with Gasteiger partial charge in [-0.3, -0.25) is 9.36 Å². The van der Waals surface area contributed by atoms with E-state index in [4.69, 9.17) is 11.6 Å². The Morgan fingerprint density at radius 3 is 2.73 bits per heavy atom. The molecular formula is C19H14ClN5O. The van der Waals surface area contributed by atoms with Crippen molar-refractivity contribution in [2.75, 3.05) is 0 Å². The number of amides is 1. The van der Waals surface area contributed by atoms with Gasteiger partial charge in [-0.05, 0) is 23.8 Å². The van der Waals surface area contributed by atoms with Crippen molar-refractivity contribution in [2.45, 2.75) is 6.54 Å². The third kappa shape index (κ3) is 3.27. The lowest BCUT2D eigenvalue weighted by Gasteiger charge is -2.10. The molecule has 2 aromatic carbocycles. The second-order valence-electron chi connectivity index (χ2n) is 5.67. The minimum atomic E-state index is -0.341. The van der Waals surface area contributed by atoms with Crippen molar-refractivity contribution in [2.24, 2.45) is 0 Å². The maximum Gasteiger partial charge on any atom is 0.289 e. The van der Waals surface area contributed by atoms with Crippen LogP contribution in [0.5, 0.6) is 0 Å². The normalized spacial score (nSPS) is 10.8. The van der Waals surface area contributed by atoms with Gasteiger partial charge in [0, 0.05) is 29.3 Å². The van der Waals surface area contributed by atoms with Crippen molar-refractivity contribution in [1.82, 2.24) is 24.8 Å². The first kappa shape index (κ1) is 16.2. The summed E-state index contributed by atoms with van der Waals surface area (Å²) in [5.41, 5.74) is 1.64. The molecule has 6 nitrogen and oxygen atoms in total. The summed E-state index contributed by atoms with van der Waals surface area (Å²) >= 11 is 6.11. The van der Waals surface area contributed by atoms with E-state index >= 15 is 0 Å². The van der Waals surface area contributed by atoms with Gasteiger partial charge >= 0.3 is 0 Å². The number of hydrogen-bond acceptors (Lipinski definition) is 4. The molecule has 1 amide bonds. The van der Waals surface area contributed by atoms with E-state index in [2.05, 4.69) is 20.3 Å². The lowest BCUT2D eigenvalue weighted by Crippen LogP contribution is -2.25. The largest absolute Gasteiger partial charge is 0.345 e. The van der Waals surface area contributed by atoms with Crippen LogP contribution in [0.25, 0.3) is 16.7 Å². The molecule has 0 aliphatic rings. The highest BCUT2D eigenvalue weighted by atomic mass is 35.5. The molecule has 2 heterocycles. The first-order valence-corrected chi connectivity index (χ1v) is 8.36. The van der Waals surface area contributed by atoms with Crippen molar-refractivity contribution in [3.8, 4) is 5.82 Å². The Balaban J connectivity index is 1.71. The van der Waals surface area contributed by atoms with E-state index in [9.17, 15) is 4.79 Å². The summed E-state index contributed by atoms with van der Waals surface area (Å²) < 4.78 is 1.73. The topological polar surface area (TPSA) is 72.7 Å². The predicted molar refractivity (Wildman–Crippen MR) is 99.3 cm³/mol. The van der Waals surface area contributed by atoms with Gasteiger partial charge in [0.2, 0.25) is 5.82 Å². The van der Waals surface area contributed by atoms with Gasteiger partial charge in [-0.2, -0.15) is 0 Å². The maximum atomic E-state index is 12.6. The van der Waals surface area contributed by atoms with Crippen LogP contribution in [0.3, 0.4) is 0 Å². The Labute approximate surface area is 154 Å². The van der Waals surface area contributed by atoms with Crippen molar-refractivity contribution in [3.05, 3.63) is 83.7 Å². The van der Waals surface area contributed by atoms with Crippen LogP contribution in [0, 0.1) is 0 Å². The lowest BCUT2D eigenvalue weighted by molar-refractivity contribution is 0.0941. The molecule has 0 bridgehead atoms. The predicted octanol–water partition coefficient (Wildman–Crippen LogP) is 3.40. The average Bonchev–Trinajstić information content (AvgIpc) is 3.20. The molecule has 0 unspecified atom stereocenters. The van der Waals surface area contributed by atoms with Crippen LogP contribution in [-0.4, -0.2) is 25.4 Å². The molecule has 0 saturated heterocycles. The van der Waals surface area contributed by atoms with E-state index in [1.807, 2.05) is 30.3 Å². The standard InChI is InChI=1S/C19H14ClN5O/c20-14-6-7-16-15(10-14)18(25-9-8-21-12-25)24-17(23-16)19(26)22-11-13-4-2-1-3-5-13/h1-10,12H,11H2,(H,22,26). The number of hydrogen-bond donors (Lipinski definition) is 1. The molecule has 0 saturated carbocycles. The highest BCUT2D eigenvalue weighted by Gasteiger charge is 2.15. The minimum Gasteiger partial charge on any atom is -0.345 e. The second-order valence-corrected chi connectivity index (χ2v) is 6.11. The molecule has 4 rings (SSSR count). The number of fused-ring (bicyclic) bond motifs is 1. The molecule has 4 aromatic rings. The number of imidazole rings is 1. The van der Waals surface area contributed by atoms with Gasteiger partial charge in [-0.1, -0.05) is 41.9 Å². The summed E-state index contributed by atoms with van der Waals surface area (Å²) in [4.78, 5) is 25.4. The number of halogens is 1. The lowest BCUT2D eigenvalue weighted by atomic mass is 10.2. The smallest absolute Gasteiger partial charge is 0.289 e. The average molecular weight is 364 g/mol. The molecule has 0 spiro atoms. The third-order valence-electron chi connectivity index (χ3n) is 3.89. The number of benzene rings is 2. The van der Waals surface area contributed by atoms with Gasteiger partial charge in [0.25, 0.3) is 5.91 Å². The van der Waals surface area contributed by atoms with Gasteiger partial charge in [-0.25, -0.2) is 15.0 Å². The van der Waals surface area contributed by atoms with Crippen molar-refractivity contribution < 1.29 is 4.79 Å². The second kappa shape index (κ2) is 6.93. The van der Waals surface area contributed by atoms with Crippen molar-refractivity contribution in [3.63, 3.8) is 0 Å². The monoisotopic (exact) mass is 363 g/mol. The van der Waals surface area contributed by atoms with E-state index in [-0.39, 0.29) is 11.7 Å². The number of rotatable bonds is 4. The van der Waals surface area contributed by atoms with E-state index in [0.717, 1.165) is 10.9 Å². The van der Waals surface area contributed by atoms with Crippen LogP contribution < -0.4 is 5.32 Å². The maximum absolute atomic E-state index is 12.6. The van der Waals surface area contributed by atoms with Crippen LogP contribution in [0.15, 0.2) is 67.3 Å². The van der Waals surface area contributed by atoms with Gasteiger partial charge in [0.15, 0.2) is 0 Å². The van der Waals surface area contributed by atoms with Gasteiger partial charge in [0.1, 0.15) is 12.1 Å². The van der Waals surface area contributed by atoms with E-state index in [1.165, 1.54) is 0 Å². The number of carbonyl (C=O) groups excluding carboxylic acids is 1. The molecule has 0 atom stereocenters. The first-order chi connectivity index (χ1) is 12.7. The highest BCUT2D eigenvalue weighted by molar-refractivity contribution is 6.31. The summed E-state index contributed by atoms with van der Waals surface area (Å²) in [5.74, 6) is 0.311. The zero-order chi connectivity index (χ0) is 17.9. The molecule has 0 radical (unpaired) electrons. The summed E-state index contributed by atoms with van der Waals surface area (Å²) in [6, 6.07) is 15.0. The Kier molecular flexibility index (Phi) is 4.33. The van der Waals surface area contributed by atoms with Crippen LogP contribution in [-0.2, 0) is 6.54 Å². The molecule has 1 N–H and O–H groups in total. The first-order valence-electron chi connectivity index (χ1n) is 7.98.